The lowest BCUT2D eigenvalue weighted by atomic mass is 9.96. The molecule has 2 aliphatic rings. The SMILES string of the molecule is Cc1nc2c(c(N3CC[C@@](O)(c4cn(C(C)C)nn4)C3)n1)CCCC2. The molecule has 7 heteroatoms. The van der Waals surface area contributed by atoms with Crippen molar-refractivity contribution in [3.63, 3.8) is 0 Å². The quantitative estimate of drug-likeness (QED) is 0.918. The molecule has 0 saturated carbocycles. The van der Waals surface area contributed by atoms with Gasteiger partial charge >= 0.3 is 0 Å². The van der Waals surface area contributed by atoms with E-state index in [1.165, 1.54) is 24.1 Å². The van der Waals surface area contributed by atoms with Crippen LogP contribution in [0.25, 0.3) is 0 Å². The number of aromatic nitrogens is 5. The van der Waals surface area contributed by atoms with Gasteiger partial charge < -0.3 is 10.0 Å². The van der Waals surface area contributed by atoms with Crippen molar-refractivity contribution < 1.29 is 5.11 Å². The van der Waals surface area contributed by atoms with Crippen LogP contribution >= 0.6 is 0 Å². The summed E-state index contributed by atoms with van der Waals surface area (Å²) in [4.78, 5) is 11.6. The molecule has 1 aliphatic heterocycles. The molecule has 25 heavy (non-hydrogen) atoms. The van der Waals surface area contributed by atoms with E-state index in [9.17, 15) is 5.11 Å². The van der Waals surface area contributed by atoms with Crippen molar-refractivity contribution in [1.82, 2.24) is 25.0 Å². The van der Waals surface area contributed by atoms with E-state index in [0.717, 1.165) is 31.0 Å². The maximum Gasteiger partial charge on any atom is 0.135 e. The second-order valence-corrected chi connectivity index (χ2v) is 7.61. The minimum Gasteiger partial charge on any atom is -0.381 e. The normalized spacial score (nSPS) is 23.3. The highest BCUT2D eigenvalue weighted by atomic mass is 16.3. The highest BCUT2D eigenvalue weighted by molar-refractivity contribution is 5.52. The zero-order chi connectivity index (χ0) is 17.6. The zero-order valence-corrected chi connectivity index (χ0v) is 15.2. The number of hydrogen-bond acceptors (Lipinski definition) is 6. The van der Waals surface area contributed by atoms with Gasteiger partial charge in [0, 0.05) is 30.3 Å². The largest absolute Gasteiger partial charge is 0.381 e. The van der Waals surface area contributed by atoms with Crippen molar-refractivity contribution in [3.8, 4) is 0 Å². The Bertz CT molecular complexity index is 786. The van der Waals surface area contributed by atoms with Crippen molar-refractivity contribution in [2.75, 3.05) is 18.0 Å². The molecule has 1 aliphatic carbocycles. The van der Waals surface area contributed by atoms with Crippen LogP contribution in [0, 0.1) is 6.92 Å². The van der Waals surface area contributed by atoms with Crippen LogP contribution in [0.1, 0.15) is 61.9 Å². The molecule has 1 fully saturated rings. The van der Waals surface area contributed by atoms with Gasteiger partial charge in [-0.1, -0.05) is 5.21 Å². The van der Waals surface area contributed by atoms with Crippen LogP contribution in [0.2, 0.25) is 0 Å². The first-order valence-corrected chi connectivity index (χ1v) is 9.22. The molecule has 4 rings (SSSR count). The topological polar surface area (TPSA) is 80.0 Å². The van der Waals surface area contributed by atoms with Crippen LogP contribution in [0.15, 0.2) is 6.20 Å². The fraction of sp³-hybridized carbons (Fsp3) is 0.667. The van der Waals surface area contributed by atoms with Gasteiger partial charge in [0.2, 0.25) is 0 Å². The number of aryl methyl sites for hydroxylation is 2. The van der Waals surface area contributed by atoms with Crippen LogP contribution in [0.4, 0.5) is 5.82 Å². The Balaban J connectivity index is 1.63. The Morgan fingerprint density at radius 1 is 1.20 bits per heavy atom. The summed E-state index contributed by atoms with van der Waals surface area (Å²) in [6.45, 7) is 7.34. The molecular weight excluding hydrogens is 316 g/mol. The molecule has 1 saturated heterocycles. The molecule has 1 N–H and O–H groups in total. The highest BCUT2D eigenvalue weighted by Gasteiger charge is 2.41. The Morgan fingerprint density at radius 3 is 2.76 bits per heavy atom. The number of anilines is 1. The van der Waals surface area contributed by atoms with E-state index in [0.29, 0.717) is 18.7 Å². The summed E-state index contributed by atoms with van der Waals surface area (Å²) in [6.07, 6.45) is 6.96. The van der Waals surface area contributed by atoms with E-state index in [1.807, 2.05) is 13.1 Å². The summed E-state index contributed by atoms with van der Waals surface area (Å²) < 4.78 is 1.80. The van der Waals surface area contributed by atoms with E-state index < -0.39 is 5.60 Å². The molecule has 0 unspecified atom stereocenters. The summed E-state index contributed by atoms with van der Waals surface area (Å²) in [5, 5.41) is 19.5. The minimum absolute atomic E-state index is 0.235. The second-order valence-electron chi connectivity index (χ2n) is 7.61. The van der Waals surface area contributed by atoms with Gasteiger partial charge in [-0.3, -0.25) is 0 Å². The van der Waals surface area contributed by atoms with Crippen molar-refractivity contribution >= 4 is 5.82 Å². The smallest absolute Gasteiger partial charge is 0.135 e. The average molecular weight is 342 g/mol. The number of aliphatic hydroxyl groups is 1. The van der Waals surface area contributed by atoms with E-state index in [4.69, 9.17) is 4.98 Å². The second kappa shape index (κ2) is 6.05. The molecule has 0 amide bonds. The molecule has 7 nitrogen and oxygen atoms in total. The third-order valence-corrected chi connectivity index (χ3v) is 5.34. The van der Waals surface area contributed by atoms with Crippen molar-refractivity contribution in [2.24, 2.45) is 0 Å². The maximum atomic E-state index is 11.2. The average Bonchev–Trinajstić information content (AvgIpc) is 3.22. The van der Waals surface area contributed by atoms with Crippen molar-refractivity contribution in [3.05, 3.63) is 29.0 Å². The summed E-state index contributed by atoms with van der Waals surface area (Å²) in [5.74, 6) is 1.83. The predicted molar refractivity (Wildman–Crippen MR) is 94.5 cm³/mol. The van der Waals surface area contributed by atoms with Crippen LogP contribution in [0.3, 0.4) is 0 Å². The first-order chi connectivity index (χ1) is 12.0. The summed E-state index contributed by atoms with van der Waals surface area (Å²) in [7, 11) is 0. The summed E-state index contributed by atoms with van der Waals surface area (Å²) >= 11 is 0. The zero-order valence-electron chi connectivity index (χ0n) is 15.2. The lowest BCUT2D eigenvalue weighted by molar-refractivity contribution is 0.0558. The Hall–Kier alpha value is -2.02. The molecule has 0 radical (unpaired) electrons. The monoisotopic (exact) mass is 342 g/mol. The van der Waals surface area contributed by atoms with E-state index in [-0.39, 0.29) is 6.04 Å². The molecule has 0 aromatic carbocycles. The summed E-state index contributed by atoms with van der Waals surface area (Å²) in [6, 6.07) is 0.235. The van der Waals surface area contributed by atoms with E-state index in [2.05, 4.69) is 34.0 Å². The summed E-state index contributed by atoms with van der Waals surface area (Å²) in [5.41, 5.74) is 2.15. The molecule has 2 aromatic rings. The molecule has 134 valence electrons. The lowest BCUT2D eigenvalue weighted by Crippen LogP contribution is -2.32. The Labute approximate surface area is 148 Å². The lowest BCUT2D eigenvalue weighted by Gasteiger charge is -2.26. The standard InChI is InChI=1S/C18H26N6O/c1-12(2)24-10-16(21-22-24)18(25)8-9-23(11-18)17-14-6-4-5-7-15(14)19-13(3)20-17/h10,12,25H,4-9,11H2,1-3H3/t18-/m0/s1. The van der Waals surface area contributed by atoms with Gasteiger partial charge in [-0.2, -0.15) is 0 Å². The molecule has 0 spiro atoms. The number of nitrogens with zero attached hydrogens (tertiary/aromatic N) is 6. The number of rotatable bonds is 3. The van der Waals surface area contributed by atoms with Gasteiger partial charge in [0.1, 0.15) is 22.9 Å². The van der Waals surface area contributed by atoms with Crippen LogP contribution in [0.5, 0.6) is 0 Å². The number of β-amino-alcohol motifs (C(OH)–C–C–N with tert-alkyl or cyclic N) is 1. The van der Waals surface area contributed by atoms with Crippen LogP contribution in [-0.4, -0.2) is 43.2 Å². The predicted octanol–water partition coefficient (Wildman–Crippen LogP) is 1.93. The number of fused-ring (bicyclic) bond motifs is 1. The molecule has 0 bridgehead atoms. The Morgan fingerprint density at radius 2 is 2.00 bits per heavy atom. The molecule has 3 heterocycles. The maximum absolute atomic E-state index is 11.2. The Kier molecular flexibility index (Phi) is 3.98. The van der Waals surface area contributed by atoms with Crippen LogP contribution in [-0.2, 0) is 18.4 Å². The van der Waals surface area contributed by atoms with Crippen LogP contribution < -0.4 is 4.90 Å². The third-order valence-electron chi connectivity index (χ3n) is 5.34. The van der Waals surface area contributed by atoms with E-state index >= 15 is 0 Å². The first-order valence-electron chi connectivity index (χ1n) is 9.22. The molecule has 1 atom stereocenters. The van der Waals surface area contributed by atoms with Gasteiger partial charge in [-0.05, 0) is 46.5 Å². The first kappa shape index (κ1) is 16.4. The number of hydrogen-bond donors (Lipinski definition) is 1. The van der Waals surface area contributed by atoms with Gasteiger partial charge in [0.25, 0.3) is 0 Å². The molecular formula is C18H26N6O. The third kappa shape index (κ3) is 2.90. The highest BCUT2D eigenvalue weighted by Crippen LogP contribution is 2.36. The van der Waals surface area contributed by atoms with Gasteiger partial charge in [-0.25, -0.2) is 14.6 Å². The fourth-order valence-corrected chi connectivity index (χ4v) is 3.88. The molecule has 2 aromatic heterocycles. The van der Waals surface area contributed by atoms with E-state index in [1.54, 1.807) is 4.68 Å². The van der Waals surface area contributed by atoms with Crippen molar-refractivity contribution in [1.29, 1.82) is 0 Å². The fourth-order valence-electron chi connectivity index (χ4n) is 3.88. The van der Waals surface area contributed by atoms with Gasteiger partial charge in [0.05, 0.1) is 12.7 Å². The van der Waals surface area contributed by atoms with Gasteiger partial charge in [0.15, 0.2) is 0 Å². The van der Waals surface area contributed by atoms with Gasteiger partial charge in [-0.15, -0.1) is 5.10 Å². The van der Waals surface area contributed by atoms with Crippen molar-refractivity contribution in [2.45, 2.75) is 64.5 Å². The minimum atomic E-state index is -0.965.